The van der Waals surface area contributed by atoms with E-state index in [1.165, 1.54) is 0 Å². The summed E-state index contributed by atoms with van der Waals surface area (Å²) < 4.78 is 5.52. The number of fused-ring (bicyclic) bond motifs is 4. The zero-order valence-corrected chi connectivity index (χ0v) is 13.8. The fourth-order valence-electron chi connectivity index (χ4n) is 5.30. The molecule has 4 heteroatoms. The summed E-state index contributed by atoms with van der Waals surface area (Å²) in [6.07, 6.45) is 1.54. The van der Waals surface area contributed by atoms with Gasteiger partial charge in [0.05, 0.1) is 5.92 Å². The molecule has 0 N–H and O–H groups in total. The summed E-state index contributed by atoms with van der Waals surface area (Å²) in [5, 5.41) is 0. The van der Waals surface area contributed by atoms with Crippen LogP contribution in [0.3, 0.4) is 0 Å². The van der Waals surface area contributed by atoms with E-state index in [-0.39, 0.29) is 34.9 Å². The third-order valence-electron chi connectivity index (χ3n) is 6.30. The molecule has 3 fully saturated rings. The van der Waals surface area contributed by atoms with Crippen LogP contribution in [0.15, 0.2) is 0 Å². The summed E-state index contributed by atoms with van der Waals surface area (Å²) in [5.74, 6) is 0.925. The standard InChI is InChI=1S/C17H27NO3/c1-9(2)12-13-11-7-6-10(8-18(4)5)17(11,3)15(19)14(12)21-16(13)20/h9-14H,6-8H2,1-5H3/t10-,11+,12+,13-,14-,17+/m1/s1. The molecule has 6 atom stereocenters. The number of hydrogen-bond donors (Lipinski definition) is 0. The third kappa shape index (κ3) is 1.91. The largest absolute Gasteiger partial charge is 0.454 e. The quantitative estimate of drug-likeness (QED) is 0.747. The van der Waals surface area contributed by atoms with Crippen molar-refractivity contribution in [2.24, 2.45) is 35.0 Å². The van der Waals surface area contributed by atoms with Gasteiger partial charge in [-0.25, -0.2) is 0 Å². The Bertz CT molecular complexity index is 473. The summed E-state index contributed by atoms with van der Waals surface area (Å²) in [7, 11) is 4.11. The lowest BCUT2D eigenvalue weighted by Crippen LogP contribution is -2.55. The monoisotopic (exact) mass is 293 g/mol. The lowest BCUT2D eigenvalue weighted by Gasteiger charge is -2.45. The lowest BCUT2D eigenvalue weighted by atomic mass is 9.55. The van der Waals surface area contributed by atoms with E-state index in [0.29, 0.717) is 11.8 Å². The number of carbonyl (C=O) groups is 2. The highest BCUT2D eigenvalue weighted by atomic mass is 16.6. The van der Waals surface area contributed by atoms with Gasteiger partial charge in [-0.3, -0.25) is 9.59 Å². The first kappa shape index (κ1) is 15.0. The molecule has 2 saturated carbocycles. The van der Waals surface area contributed by atoms with E-state index in [1.54, 1.807) is 0 Å². The molecule has 0 amide bonds. The number of ether oxygens (including phenoxy) is 1. The molecule has 4 nitrogen and oxygen atoms in total. The van der Waals surface area contributed by atoms with Crippen LogP contribution in [0.25, 0.3) is 0 Å². The van der Waals surface area contributed by atoms with E-state index >= 15 is 0 Å². The van der Waals surface area contributed by atoms with Crippen molar-refractivity contribution >= 4 is 11.8 Å². The normalized spacial score (nSPS) is 45.4. The molecule has 0 aromatic carbocycles. The predicted molar refractivity (Wildman–Crippen MR) is 79.6 cm³/mol. The molecule has 2 aliphatic carbocycles. The van der Waals surface area contributed by atoms with Crippen LogP contribution in [0, 0.1) is 35.0 Å². The molecule has 0 aromatic rings. The van der Waals surface area contributed by atoms with Crippen LogP contribution in [0.2, 0.25) is 0 Å². The summed E-state index contributed by atoms with van der Waals surface area (Å²) in [4.78, 5) is 27.6. The SMILES string of the molecule is CC(C)[C@H]1[C@@H]2C(=O)O[C@H]1C(=O)[C@@]1(C)[C@@H](CN(C)C)CC[C@@H]21. The highest BCUT2D eigenvalue weighted by Crippen LogP contribution is 2.61. The Morgan fingerprint density at radius 2 is 1.95 bits per heavy atom. The Balaban J connectivity index is 1.99. The first-order chi connectivity index (χ1) is 9.78. The van der Waals surface area contributed by atoms with Crippen LogP contribution in [-0.4, -0.2) is 43.4 Å². The van der Waals surface area contributed by atoms with Crippen molar-refractivity contribution in [3.63, 3.8) is 0 Å². The number of ketones is 1. The molecule has 3 aliphatic rings. The van der Waals surface area contributed by atoms with Gasteiger partial charge < -0.3 is 9.64 Å². The molecule has 1 saturated heterocycles. The maximum absolute atomic E-state index is 13.1. The van der Waals surface area contributed by atoms with Crippen LogP contribution in [0.4, 0.5) is 0 Å². The first-order valence-corrected chi connectivity index (χ1v) is 8.18. The molecule has 1 heterocycles. The maximum atomic E-state index is 13.1. The zero-order valence-electron chi connectivity index (χ0n) is 13.8. The molecule has 118 valence electrons. The molecule has 21 heavy (non-hydrogen) atoms. The Kier molecular flexibility index (Phi) is 3.43. The molecule has 0 aromatic heterocycles. The highest BCUT2D eigenvalue weighted by Gasteiger charge is 2.68. The second-order valence-corrected chi connectivity index (χ2v) is 7.99. The van der Waals surface area contributed by atoms with E-state index in [4.69, 9.17) is 4.74 Å². The molecule has 0 spiro atoms. The van der Waals surface area contributed by atoms with Gasteiger partial charge in [-0.05, 0) is 44.7 Å². The van der Waals surface area contributed by atoms with Crippen molar-refractivity contribution in [2.45, 2.75) is 39.7 Å². The van der Waals surface area contributed by atoms with Crippen LogP contribution in [0.5, 0.6) is 0 Å². The highest BCUT2D eigenvalue weighted by molar-refractivity contribution is 5.97. The lowest BCUT2D eigenvalue weighted by molar-refractivity contribution is -0.152. The smallest absolute Gasteiger partial charge is 0.310 e. The van der Waals surface area contributed by atoms with E-state index in [1.807, 2.05) is 0 Å². The van der Waals surface area contributed by atoms with Gasteiger partial charge in [0.2, 0.25) is 0 Å². The van der Waals surface area contributed by atoms with Crippen molar-refractivity contribution in [3.05, 3.63) is 0 Å². The van der Waals surface area contributed by atoms with Gasteiger partial charge in [0.25, 0.3) is 0 Å². The van der Waals surface area contributed by atoms with Crippen molar-refractivity contribution in [1.29, 1.82) is 0 Å². The van der Waals surface area contributed by atoms with Crippen LogP contribution < -0.4 is 0 Å². The van der Waals surface area contributed by atoms with Crippen molar-refractivity contribution in [1.82, 2.24) is 4.90 Å². The number of Topliss-reactive ketones (excluding diaryl/α,β-unsaturated/α-hetero) is 1. The van der Waals surface area contributed by atoms with Gasteiger partial charge >= 0.3 is 5.97 Å². The molecular weight excluding hydrogens is 266 g/mol. The van der Waals surface area contributed by atoms with Gasteiger partial charge in [-0.1, -0.05) is 20.8 Å². The summed E-state index contributed by atoms with van der Waals surface area (Å²) in [6.45, 7) is 7.22. The minimum atomic E-state index is -0.494. The maximum Gasteiger partial charge on any atom is 0.310 e. The molecule has 3 rings (SSSR count). The van der Waals surface area contributed by atoms with Gasteiger partial charge in [0.1, 0.15) is 0 Å². The van der Waals surface area contributed by atoms with Crippen molar-refractivity contribution < 1.29 is 14.3 Å². The topological polar surface area (TPSA) is 46.6 Å². The van der Waals surface area contributed by atoms with Gasteiger partial charge in [-0.15, -0.1) is 0 Å². The van der Waals surface area contributed by atoms with E-state index in [0.717, 1.165) is 19.4 Å². The third-order valence-corrected chi connectivity index (χ3v) is 6.30. The molecule has 0 unspecified atom stereocenters. The van der Waals surface area contributed by atoms with E-state index < -0.39 is 6.10 Å². The number of nitrogens with zero attached hydrogens (tertiary/aromatic N) is 1. The summed E-state index contributed by atoms with van der Waals surface area (Å²) in [6, 6.07) is 0. The Labute approximate surface area is 127 Å². The number of hydrogen-bond acceptors (Lipinski definition) is 4. The van der Waals surface area contributed by atoms with Crippen LogP contribution in [0.1, 0.15) is 33.6 Å². The summed E-state index contributed by atoms with van der Waals surface area (Å²) in [5.41, 5.74) is -0.378. The van der Waals surface area contributed by atoms with Crippen LogP contribution in [-0.2, 0) is 14.3 Å². The average Bonchev–Trinajstić information content (AvgIpc) is 2.85. The van der Waals surface area contributed by atoms with Crippen molar-refractivity contribution in [2.75, 3.05) is 20.6 Å². The van der Waals surface area contributed by atoms with Crippen LogP contribution >= 0.6 is 0 Å². The first-order valence-electron chi connectivity index (χ1n) is 8.18. The molecule has 1 aliphatic heterocycles. The molecule has 2 bridgehead atoms. The summed E-state index contributed by atoms with van der Waals surface area (Å²) >= 11 is 0. The average molecular weight is 293 g/mol. The minimum absolute atomic E-state index is 0.0649. The fraction of sp³-hybridized carbons (Fsp3) is 0.882. The van der Waals surface area contributed by atoms with E-state index in [2.05, 4.69) is 39.8 Å². The molecule has 0 radical (unpaired) electrons. The van der Waals surface area contributed by atoms with Gasteiger partial charge in [0, 0.05) is 17.9 Å². The second-order valence-electron chi connectivity index (χ2n) is 7.99. The van der Waals surface area contributed by atoms with Gasteiger partial charge in [-0.2, -0.15) is 0 Å². The Hall–Kier alpha value is -0.900. The van der Waals surface area contributed by atoms with E-state index in [9.17, 15) is 9.59 Å². The number of esters is 1. The zero-order chi connectivity index (χ0) is 15.5. The Morgan fingerprint density at radius 3 is 2.52 bits per heavy atom. The number of carbonyl (C=O) groups excluding carboxylic acids is 2. The minimum Gasteiger partial charge on any atom is -0.454 e. The van der Waals surface area contributed by atoms with Crippen molar-refractivity contribution in [3.8, 4) is 0 Å². The molecular formula is C17H27NO3. The Morgan fingerprint density at radius 1 is 1.29 bits per heavy atom. The van der Waals surface area contributed by atoms with Gasteiger partial charge in [0.15, 0.2) is 11.9 Å². The second kappa shape index (κ2) is 4.80. The predicted octanol–water partition coefficient (Wildman–Crippen LogP) is 1.98. The fourth-order valence-corrected chi connectivity index (χ4v) is 5.30. The number of rotatable bonds is 3.